The topological polar surface area (TPSA) is 68.4 Å². The summed E-state index contributed by atoms with van der Waals surface area (Å²) in [6.07, 6.45) is 3.70. The third-order valence-corrected chi connectivity index (χ3v) is 5.95. The summed E-state index contributed by atoms with van der Waals surface area (Å²) < 4.78 is 26.6. The third kappa shape index (κ3) is 4.06. The molecule has 1 aliphatic rings. The van der Waals surface area contributed by atoms with Crippen molar-refractivity contribution in [3.05, 3.63) is 18.0 Å². The standard InChI is InChI=1S/C14H26N4O2S/c1-15-9-13-8-14(10-16-13)21(19,20)18(3)11-12-4-6-17(2)7-5-12/h8,10,12,15-16H,4-7,9,11H2,1-3H3. The second-order valence-corrected chi connectivity index (χ2v) is 7.97. The smallest absolute Gasteiger partial charge is 0.244 e. The van der Waals surface area contributed by atoms with E-state index in [9.17, 15) is 8.42 Å². The van der Waals surface area contributed by atoms with E-state index >= 15 is 0 Å². The first-order chi connectivity index (χ1) is 9.93. The zero-order chi connectivity index (χ0) is 15.5. The summed E-state index contributed by atoms with van der Waals surface area (Å²) >= 11 is 0. The lowest BCUT2D eigenvalue weighted by molar-refractivity contribution is 0.202. The predicted octanol–water partition coefficient (Wildman–Crippen LogP) is 0.696. The number of sulfonamides is 1. The minimum absolute atomic E-state index is 0.350. The van der Waals surface area contributed by atoms with E-state index in [2.05, 4.69) is 22.2 Å². The van der Waals surface area contributed by atoms with Crippen LogP contribution >= 0.6 is 0 Å². The molecular weight excluding hydrogens is 288 g/mol. The average Bonchev–Trinajstić information content (AvgIpc) is 2.91. The Morgan fingerprint density at radius 1 is 1.43 bits per heavy atom. The minimum Gasteiger partial charge on any atom is -0.363 e. The summed E-state index contributed by atoms with van der Waals surface area (Å²) in [5.41, 5.74) is 0.878. The zero-order valence-electron chi connectivity index (χ0n) is 13.1. The lowest BCUT2D eigenvalue weighted by Gasteiger charge is -2.31. The van der Waals surface area contributed by atoms with Gasteiger partial charge in [0.15, 0.2) is 0 Å². The molecule has 1 saturated heterocycles. The van der Waals surface area contributed by atoms with Gasteiger partial charge in [0.1, 0.15) is 0 Å². The lowest BCUT2D eigenvalue weighted by atomic mass is 9.97. The molecule has 120 valence electrons. The highest BCUT2D eigenvalue weighted by Crippen LogP contribution is 2.21. The van der Waals surface area contributed by atoms with Gasteiger partial charge in [0, 0.05) is 32.0 Å². The number of aromatic nitrogens is 1. The molecule has 7 heteroatoms. The normalized spacial score (nSPS) is 18.5. The van der Waals surface area contributed by atoms with Crippen molar-refractivity contribution in [3.8, 4) is 0 Å². The fraction of sp³-hybridized carbons (Fsp3) is 0.714. The van der Waals surface area contributed by atoms with Gasteiger partial charge in [0.2, 0.25) is 10.0 Å². The van der Waals surface area contributed by atoms with E-state index in [1.165, 1.54) is 4.31 Å². The maximum absolute atomic E-state index is 12.6. The quantitative estimate of drug-likeness (QED) is 0.811. The molecule has 0 amide bonds. The largest absolute Gasteiger partial charge is 0.363 e. The number of nitrogens with zero attached hydrogens (tertiary/aromatic N) is 2. The van der Waals surface area contributed by atoms with Crippen LogP contribution in [0.25, 0.3) is 0 Å². The van der Waals surface area contributed by atoms with Crippen LogP contribution in [0.2, 0.25) is 0 Å². The van der Waals surface area contributed by atoms with Crippen LogP contribution in [0.1, 0.15) is 18.5 Å². The van der Waals surface area contributed by atoms with E-state index in [0.717, 1.165) is 31.6 Å². The maximum Gasteiger partial charge on any atom is 0.244 e. The van der Waals surface area contributed by atoms with Gasteiger partial charge in [-0.15, -0.1) is 0 Å². The summed E-state index contributed by atoms with van der Waals surface area (Å²) in [6.45, 7) is 3.33. The molecule has 1 aromatic heterocycles. The molecule has 2 rings (SSSR count). The summed E-state index contributed by atoms with van der Waals surface area (Å²) in [7, 11) is 2.24. The number of piperidine rings is 1. The predicted molar refractivity (Wildman–Crippen MR) is 83.6 cm³/mol. The van der Waals surface area contributed by atoms with Gasteiger partial charge in [-0.05, 0) is 52.0 Å². The van der Waals surface area contributed by atoms with Crippen molar-refractivity contribution in [1.82, 2.24) is 19.5 Å². The highest BCUT2D eigenvalue weighted by molar-refractivity contribution is 7.89. The fourth-order valence-electron chi connectivity index (χ4n) is 2.75. The molecule has 2 heterocycles. The summed E-state index contributed by atoms with van der Waals surface area (Å²) in [6, 6.07) is 1.71. The van der Waals surface area contributed by atoms with Crippen LogP contribution in [0.4, 0.5) is 0 Å². The maximum atomic E-state index is 12.6. The number of aromatic amines is 1. The van der Waals surface area contributed by atoms with E-state index in [1.54, 1.807) is 19.3 Å². The van der Waals surface area contributed by atoms with Crippen molar-refractivity contribution < 1.29 is 8.42 Å². The number of nitrogens with one attached hydrogen (secondary N) is 2. The molecule has 0 atom stereocenters. The summed E-state index contributed by atoms with van der Waals surface area (Å²) in [5.74, 6) is 0.455. The molecule has 0 spiro atoms. The Kier molecular flexibility index (Phi) is 5.43. The van der Waals surface area contributed by atoms with Crippen LogP contribution in [-0.2, 0) is 16.6 Å². The number of hydrogen-bond donors (Lipinski definition) is 2. The molecule has 0 aromatic carbocycles. The van der Waals surface area contributed by atoms with Crippen LogP contribution in [0.3, 0.4) is 0 Å². The molecule has 1 aliphatic heterocycles. The third-order valence-electron chi connectivity index (χ3n) is 4.15. The van der Waals surface area contributed by atoms with Gasteiger partial charge in [-0.25, -0.2) is 12.7 Å². The summed E-state index contributed by atoms with van der Waals surface area (Å²) in [4.78, 5) is 5.65. The van der Waals surface area contributed by atoms with Gasteiger partial charge >= 0.3 is 0 Å². The second kappa shape index (κ2) is 6.91. The van der Waals surface area contributed by atoms with E-state index in [1.807, 2.05) is 7.05 Å². The van der Waals surface area contributed by atoms with Gasteiger partial charge in [0.25, 0.3) is 0 Å². The SMILES string of the molecule is CNCc1cc(S(=O)(=O)N(C)CC2CCN(C)CC2)c[nH]1. The fourth-order valence-corrected chi connectivity index (χ4v) is 4.01. The van der Waals surface area contributed by atoms with Crippen molar-refractivity contribution in [3.63, 3.8) is 0 Å². The van der Waals surface area contributed by atoms with Crippen LogP contribution in [0, 0.1) is 5.92 Å². The first-order valence-corrected chi connectivity index (χ1v) is 8.84. The molecule has 6 nitrogen and oxygen atoms in total. The van der Waals surface area contributed by atoms with Gasteiger partial charge in [-0.1, -0.05) is 0 Å². The second-order valence-electron chi connectivity index (χ2n) is 5.92. The highest BCUT2D eigenvalue weighted by atomic mass is 32.2. The molecule has 2 N–H and O–H groups in total. The number of likely N-dealkylation sites (tertiary alicyclic amines) is 1. The molecule has 0 bridgehead atoms. The Balaban J connectivity index is 2.00. The molecular formula is C14H26N4O2S. The van der Waals surface area contributed by atoms with Crippen molar-refractivity contribution in [2.45, 2.75) is 24.3 Å². The van der Waals surface area contributed by atoms with Gasteiger partial charge < -0.3 is 15.2 Å². The average molecular weight is 314 g/mol. The minimum atomic E-state index is -3.39. The number of H-pyrrole nitrogens is 1. The van der Waals surface area contributed by atoms with Crippen molar-refractivity contribution >= 4 is 10.0 Å². The molecule has 0 unspecified atom stereocenters. The molecule has 21 heavy (non-hydrogen) atoms. The van der Waals surface area contributed by atoms with Crippen molar-refractivity contribution in [2.24, 2.45) is 5.92 Å². The van der Waals surface area contributed by atoms with Crippen LogP contribution < -0.4 is 5.32 Å². The van der Waals surface area contributed by atoms with Crippen molar-refractivity contribution in [1.29, 1.82) is 0 Å². The molecule has 0 saturated carbocycles. The first-order valence-electron chi connectivity index (χ1n) is 7.40. The van der Waals surface area contributed by atoms with Crippen LogP contribution in [0.15, 0.2) is 17.2 Å². The Hall–Kier alpha value is -0.890. The Labute approximate surface area is 127 Å². The summed E-state index contributed by atoms with van der Waals surface area (Å²) in [5, 5.41) is 3.00. The van der Waals surface area contributed by atoms with Crippen LogP contribution in [-0.4, -0.2) is 63.4 Å². The van der Waals surface area contributed by atoms with Gasteiger partial charge in [-0.3, -0.25) is 0 Å². The monoisotopic (exact) mass is 314 g/mol. The highest BCUT2D eigenvalue weighted by Gasteiger charge is 2.26. The molecule has 1 fully saturated rings. The van der Waals surface area contributed by atoms with E-state index in [4.69, 9.17) is 0 Å². The van der Waals surface area contributed by atoms with Crippen molar-refractivity contribution in [2.75, 3.05) is 40.8 Å². The molecule has 0 aliphatic carbocycles. The number of hydrogen-bond acceptors (Lipinski definition) is 4. The molecule has 0 radical (unpaired) electrons. The Morgan fingerprint density at radius 2 is 2.10 bits per heavy atom. The number of rotatable bonds is 6. The zero-order valence-corrected chi connectivity index (χ0v) is 13.9. The van der Waals surface area contributed by atoms with Gasteiger partial charge in [-0.2, -0.15) is 0 Å². The van der Waals surface area contributed by atoms with Gasteiger partial charge in [0.05, 0.1) is 4.90 Å². The van der Waals surface area contributed by atoms with Crippen LogP contribution in [0.5, 0.6) is 0 Å². The van der Waals surface area contributed by atoms with E-state index < -0.39 is 10.0 Å². The lowest BCUT2D eigenvalue weighted by Crippen LogP contribution is -2.37. The molecule has 1 aromatic rings. The Bertz CT molecular complexity index is 547. The Morgan fingerprint density at radius 3 is 2.71 bits per heavy atom. The first kappa shape index (κ1) is 16.5. The van der Waals surface area contributed by atoms with E-state index in [-0.39, 0.29) is 0 Å². The van der Waals surface area contributed by atoms with E-state index in [0.29, 0.717) is 23.9 Å².